The summed E-state index contributed by atoms with van der Waals surface area (Å²) >= 11 is 0. The topological polar surface area (TPSA) is 51.4 Å². The predicted octanol–water partition coefficient (Wildman–Crippen LogP) is 1.26. The number of hydrogen-bond acceptors (Lipinski definition) is 4. The largest absolute Gasteiger partial charge is 0.481 e. The number of nitrogens with two attached hydrogens (primary N) is 1. The van der Waals surface area contributed by atoms with Gasteiger partial charge < -0.3 is 10.5 Å². The van der Waals surface area contributed by atoms with Crippen molar-refractivity contribution in [2.45, 2.75) is 19.9 Å². The molecule has 0 amide bonds. The Bertz CT molecular complexity index is 304. The molecule has 4 nitrogen and oxygen atoms in total. The zero-order valence-corrected chi connectivity index (χ0v) is 10.1. The van der Waals surface area contributed by atoms with Crippen LogP contribution in [0.25, 0.3) is 0 Å². The maximum atomic E-state index is 5.52. The van der Waals surface area contributed by atoms with E-state index in [1.165, 1.54) is 0 Å². The first kappa shape index (κ1) is 12.9. The summed E-state index contributed by atoms with van der Waals surface area (Å²) in [6.07, 6.45) is 2.77. The normalized spacial score (nSPS) is 10.8. The number of nitrogens with zero attached hydrogens (tertiary/aromatic N) is 2. The van der Waals surface area contributed by atoms with Gasteiger partial charge in [0.05, 0.1) is 7.11 Å². The second kappa shape index (κ2) is 7.19. The van der Waals surface area contributed by atoms with E-state index in [4.69, 9.17) is 10.5 Å². The van der Waals surface area contributed by atoms with Crippen molar-refractivity contribution in [1.29, 1.82) is 0 Å². The Hall–Kier alpha value is -1.13. The third kappa shape index (κ3) is 3.79. The average molecular weight is 223 g/mol. The van der Waals surface area contributed by atoms with E-state index in [0.717, 1.165) is 38.2 Å². The minimum absolute atomic E-state index is 0.716. The third-order valence-electron chi connectivity index (χ3n) is 2.56. The number of ether oxygens (including phenoxy) is 1. The molecular formula is C12H21N3O. The van der Waals surface area contributed by atoms with Crippen LogP contribution in [0.5, 0.6) is 5.88 Å². The van der Waals surface area contributed by atoms with Crippen LogP contribution >= 0.6 is 0 Å². The fraction of sp³-hybridized carbons (Fsp3) is 0.583. The number of aromatic nitrogens is 1. The lowest BCUT2D eigenvalue weighted by Gasteiger charge is -2.20. The van der Waals surface area contributed by atoms with E-state index >= 15 is 0 Å². The highest BCUT2D eigenvalue weighted by Gasteiger charge is 2.08. The molecule has 2 N–H and O–H groups in total. The van der Waals surface area contributed by atoms with Crippen molar-refractivity contribution in [2.75, 3.05) is 26.7 Å². The van der Waals surface area contributed by atoms with E-state index in [9.17, 15) is 0 Å². The maximum absolute atomic E-state index is 5.52. The monoisotopic (exact) mass is 223 g/mol. The number of pyridine rings is 1. The minimum atomic E-state index is 0.716. The van der Waals surface area contributed by atoms with Crippen molar-refractivity contribution in [3.8, 4) is 5.88 Å². The van der Waals surface area contributed by atoms with Crippen LogP contribution in [0.15, 0.2) is 18.3 Å². The van der Waals surface area contributed by atoms with Crippen LogP contribution in [-0.4, -0.2) is 36.6 Å². The van der Waals surface area contributed by atoms with Crippen LogP contribution in [0.2, 0.25) is 0 Å². The molecule has 0 spiro atoms. The van der Waals surface area contributed by atoms with E-state index in [2.05, 4.69) is 22.9 Å². The van der Waals surface area contributed by atoms with E-state index in [1.54, 1.807) is 13.3 Å². The third-order valence-corrected chi connectivity index (χ3v) is 2.56. The van der Waals surface area contributed by atoms with Crippen molar-refractivity contribution in [3.05, 3.63) is 23.9 Å². The molecule has 0 unspecified atom stereocenters. The highest BCUT2D eigenvalue weighted by Crippen LogP contribution is 2.15. The SMILES string of the molecule is CCN(CCCN)Cc1cccnc1OC. The smallest absolute Gasteiger partial charge is 0.217 e. The Labute approximate surface area is 97.4 Å². The summed E-state index contributed by atoms with van der Waals surface area (Å²) in [5.41, 5.74) is 6.65. The second-order valence-corrected chi connectivity index (χ2v) is 3.68. The van der Waals surface area contributed by atoms with Crippen molar-refractivity contribution in [3.63, 3.8) is 0 Å². The van der Waals surface area contributed by atoms with Gasteiger partial charge in [-0.25, -0.2) is 4.98 Å². The minimum Gasteiger partial charge on any atom is -0.481 e. The molecule has 16 heavy (non-hydrogen) atoms. The van der Waals surface area contributed by atoms with Crippen molar-refractivity contribution in [2.24, 2.45) is 5.73 Å². The molecule has 0 aliphatic carbocycles. The van der Waals surface area contributed by atoms with E-state index < -0.39 is 0 Å². The molecule has 1 aromatic heterocycles. The Morgan fingerprint density at radius 1 is 1.50 bits per heavy atom. The number of methoxy groups -OCH3 is 1. The highest BCUT2D eigenvalue weighted by atomic mass is 16.5. The highest BCUT2D eigenvalue weighted by molar-refractivity contribution is 5.25. The van der Waals surface area contributed by atoms with Crippen molar-refractivity contribution >= 4 is 0 Å². The van der Waals surface area contributed by atoms with E-state index in [1.807, 2.05) is 6.07 Å². The molecule has 1 rings (SSSR count). The lowest BCUT2D eigenvalue weighted by atomic mass is 10.2. The van der Waals surface area contributed by atoms with Gasteiger partial charge in [-0.1, -0.05) is 13.0 Å². The van der Waals surface area contributed by atoms with Gasteiger partial charge in [0.1, 0.15) is 0 Å². The second-order valence-electron chi connectivity index (χ2n) is 3.68. The maximum Gasteiger partial charge on any atom is 0.217 e. The Balaban J connectivity index is 2.62. The van der Waals surface area contributed by atoms with Gasteiger partial charge in [0.25, 0.3) is 0 Å². The summed E-state index contributed by atoms with van der Waals surface area (Å²) in [5, 5.41) is 0. The average Bonchev–Trinajstić information content (AvgIpc) is 2.34. The molecule has 0 saturated heterocycles. The van der Waals surface area contributed by atoms with Gasteiger partial charge in [-0.3, -0.25) is 4.90 Å². The van der Waals surface area contributed by atoms with Gasteiger partial charge >= 0.3 is 0 Å². The lowest BCUT2D eigenvalue weighted by molar-refractivity contribution is 0.271. The van der Waals surface area contributed by atoms with E-state index in [0.29, 0.717) is 5.88 Å². The molecule has 0 aliphatic heterocycles. The van der Waals surface area contributed by atoms with Crippen LogP contribution in [0.4, 0.5) is 0 Å². The van der Waals surface area contributed by atoms with Gasteiger partial charge in [0.2, 0.25) is 5.88 Å². The Morgan fingerprint density at radius 2 is 2.31 bits per heavy atom. The summed E-state index contributed by atoms with van der Waals surface area (Å²) in [5.74, 6) is 0.716. The zero-order chi connectivity index (χ0) is 11.8. The van der Waals surface area contributed by atoms with Crippen LogP contribution in [0.3, 0.4) is 0 Å². The first-order valence-corrected chi connectivity index (χ1v) is 5.72. The van der Waals surface area contributed by atoms with E-state index in [-0.39, 0.29) is 0 Å². The van der Waals surface area contributed by atoms with Gasteiger partial charge in [0.15, 0.2) is 0 Å². The molecule has 0 fully saturated rings. The molecule has 0 radical (unpaired) electrons. The first-order chi connectivity index (χ1) is 7.81. The fourth-order valence-electron chi connectivity index (χ4n) is 1.63. The van der Waals surface area contributed by atoms with Gasteiger partial charge in [-0.15, -0.1) is 0 Å². The summed E-state index contributed by atoms with van der Waals surface area (Å²) in [6, 6.07) is 3.99. The summed E-state index contributed by atoms with van der Waals surface area (Å²) in [6.45, 7) is 5.79. The molecule has 0 atom stereocenters. The molecule has 0 aromatic carbocycles. The summed E-state index contributed by atoms with van der Waals surface area (Å²) in [4.78, 5) is 6.53. The summed E-state index contributed by atoms with van der Waals surface area (Å²) in [7, 11) is 1.65. The molecule has 0 bridgehead atoms. The molecule has 0 saturated carbocycles. The van der Waals surface area contributed by atoms with Gasteiger partial charge in [0, 0.05) is 18.3 Å². The van der Waals surface area contributed by atoms with Crippen molar-refractivity contribution in [1.82, 2.24) is 9.88 Å². The predicted molar refractivity (Wildman–Crippen MR) is 65.4 cm³/mol. The van der Waals surface area contributed by atoms with Crippen molar-refractivity contribution < 1.29 is 4.74 Å². The standard InChI is InChI=1S/C12H21N3O/c1-3-15(9-5-7-13)10-11-6-4-8-14-12(11)16-2/h4,6,8H,3,5,7,9-10,13H2,1-2H3. The Kier molecular flexibility index (Phi) is 5.82. The first-order valence-electron chi connectivity index (χ1n) is 5.72. The van der Waals surface area contributed by atoms with Gasteiger partial charge in [-0.05, 0) is 32.1 Å². The quantitative estimate of drug-likeness (QED) is 0.756. The zero-order valence-electron chi connectivity index (χ0n) is 10.1. The molecule has 0 aliphatic rings. The van der Waals surface area contributed by atoms with Crippen LogP contribution < -0.4 is 10.5 Å². The number of hydrogen-bond donors (Lipinski definition) is 1. The van der Waals surface area contributed by atoms with Crippen LogP contribution in [0, 0.1) is 0 Å². The summed E-state index contributed by atoms with van der Waals surface area (Å²) < 4.78 is 5.23. The molecular weight excluding hydrogens is 202 g/mol. The lowest BCUT2D eigenvalue weighted by Crippen LogP contribution is -2.26. The molecule has 4 heteroatoms. The van der Waals surface area contributed by atoms with Crippen LogP contribution in [-0.2, 0) is 6.54 Å². The number of rotatable bonds is 7. The van der Waals surface area contributed by atoms with Crippen LogP contribution in [0.1, 0.15) is 18.9 Å². The molecule has 90 valence electrons. The molecule has 1 heterocycles. The Morgan fingerprint density at radius 3 is 2.94 bits per heavy atom. The fourth-order valence-corrected chi connectivity index (χ4v) is 1.63. The van der Waals surface area contributed by atoms with Gasteiger partial charge in [-0.2, -0.15) is 0 Å². The molecule has 1 aromatic rings.